The summed E-state index contributed by atoms with van der Waals surface area (Å²) in [7, 11) is 0. The van der Waals surface area contributed by atoms with E-state index in [2.05, 4.69) is 16.7 Å². The van der Waals surface area contributed by atoms with Gasteiger partial charge in [0.15, 0.2) is 0 Å². The van der Waals surface area contributed by atoms with Gasteiger partial charge in [-0.3, -0.25) is 0 Å². The molecule has 2 rings (SSSR count). The summed E-state index contributed by atoms with van der Waals surface area (Å²) in [6.45, 7) is 6.86. The highest BCUT2D eigenvalue weighted by Gasteiger charge is 2.33. The predicted octanol–water partition coefficient (Wildman–Crippen LogP) is 2.95. The van der Waals surface area contributed by atoms with Gasteiger partial charge in [-0.25, -0.2) is 4.79 Å². The zero-order valence-electron chi connectivity index (χ0n) is 14.1. The summed E-state index contributed by atoms with van der Waals surface area (Å²) in [5, 5.41) is 15.4. The molecule has 1 saturated carbocycles. The number of amides is 1. The summed E-state index contributed by atoms with van der Waals surface area (Å²) in [4.78, 5) is 11.9. The molecule has 1 aliphatic carbocycles. The average Bonchev–Trinajstić information content (AvgIpc) is 3.29. The van der Waals surface area contributed by atoms with Gasteiger partial charge in [0.2, 0.25) is 0 Å². The Morgan fingerprint density at radius 3 is 2.70 bits per heavy atom. The zero-order valence-corrected chi connectivity index (χ0v) is 14.1. The van der Waals surface area contributed by atoms with Crippen molar-refractivity contribution in [2.24, 2.45) is 5.92 Å². The second-order valence-corrected chi connectivity index (χ2v) is 6.99. The van der Waals surface area contributed by atoms with Crippen LogP contribution in [0.1, 0.15) is 44.7 Å². The van der Waals surface area contributed by atoms with E-state index in [1.165, 1.54) is 0 Å². The fourth-order valence-corrected chi connectivity index (χ4v) is 2.44. The van der Waals surface area contributed by atoms with Gasteiger partial charge in [-0.15, -0.1) is 0 Å². The minimum absolute atomic E-state index is 0.0686. The molecule has 1 unspecified atom stereocenters. The van der Waals surface area contributed by atoms with Crippen molar-refractivity contribution in [1.82, 2.24) is 10.6 Å². The molecule has 5 heteroatoms. The molecule has 1 aromatic rings. The summed E-state index contributed by atoms with van der Waals surface area (Å²) in [5.41, 5.74) is 1.17. The number of carbonyl (C=O) groups is 1. The van der Waals surface area contributed by atoms with Crippen LogP contribution < -0.4 is 10.6 Å². The Balaban J connectivity index is 1.84. The first-order valence-corrected chi connectivity index (χ1v) is 8.07. The monoisotopic (exact) mass is 315 g/mol. The molecular formula is C18H25N3O2. The molecule has 1 fully saturated rings. The summed E-state index contributed by atoms with van der Waals surface area (Å²) in [5.74, 6) is 0.515. The molecule has 124 valence electrons. The number of hydrogen-bond acceptors (Lipinski definition) is 4. The lowest BCUT2D eigenvalue weighted by Crippen LogP contribution is -2.45. The van der Waals surface area contributed by atoms with Gasteiger partial charge in [-0.2, -0.15) is 5.26 Å². The highest BCUT2D eigenvalue weighted by Crippen LogP contribution is 2.32. The molecule has 0 aromatic heterocycles. The van der Waals surface area contributed by atoms with Crippen molar-refractivity contribution < 1.29 is 9.53 Å². The topological polar surface area (TPSA) is 74.2 Å². The number of nitriles is 1. The molecule has 5 nitrogen and oxygen atoms in total. The van der Waals surface area contributed by atoms with Crippen molar-refractivity contribution in [1.29, 1.82) is 5.26 Å². The van der Waals surface area contributed by atoms with Gasteiger partial charge in [-0.1, -0.05) is 18.2 Å². The zero-order chi connectivity index (χ0) is 16.9. The molecule has 1 amide bonds. The third-order valence-corrected chi connectivity index (χ3v) is 3.71. The molecule has 1 atom stereocenters. The molecule has 0 saturated heterocycles. The molecule has 0 spiro atoms. The molecule has 1 aromatic carbocycles. The SMILES string of the molecule is CC(C)(C)OC(=O)NC(CNCc1ccccc1C#N)C1CC1. The van der Waals surface area contributed by atoms with Gasteiger partial charge in [0.05, 0.1) is 11.6 Å². The Morgan fingerprint density at radius 2 is 2.09 bits per heavy atom. The van der Waals surface area contributed by atoms with Crippen LogP contribution in [0.3, 0.4) is 0 Å². The highest BCUT2D eigenvalue weighted by molar-refractivity contribution is 5.68. The quantitative estimate of drug-likeness (QED) is 0.846. The maximum atomic E-state index is 11.9. The first kappa shape index (κ1) is 17.3. The molecule has 0 radical (unpaired) electrons. The Morgan fingerprint density at radius 1 is 1.39 bits per heavy atom. The highest BCUT2D eigenvalue weighted by atomic mass is 16.6. The summed E-state index contributed by atoms with van der Waals surface area (Å²) in [6.07, 6.45) is 1.90. The third kappa shape index (κ3) is 5.91. The molecular weight excluding hydrogens is 290 g/mol. The number of rotatable bonds is 6. The van der Waals surface area contributed by atoms with Crippen LogP contribution in [0, 0.1) is 17.2 Å². The molecule has 23 heavy (non-hydrogen) atoms. The van der Waals surface area contributed by atoms with E-state index in [1.807, 2.05) is 45.0 Å². The van der Waals surface area contributed by atoms with Crippen LogP contribution in [0.5, 0.6) is 0 Å². The smallest absolute Gasteiger partial charge is 0.407 e. The van der Waals surface area contributed by atoms with Gasteiger partial charge in [0, 0.05) is 19.1 Å². The van der Waals surface area contributed by atoms with Crippen molar-refractivity contribution in [3.8, 4) is 6.07 Å². The Kier molecular flexibility index (Phi) is 5.62. The molecule has 1 aliphatic rings. The van der Waals surface area contributed by atoms with Gasteiger partial charge in [0.25, 0.3) is 0 Å². The van der Waals surface area contributed by atoms with Crippen LogP contribution in [0.15, 0.2) is 24.3 Å². The minimum atomic E-state index is -0.489. The normalized spacial score (nSPS) is 15.6. The van der Waals surface area contributed by atoms with Gasteiger partial charge >= 0.3 is 6.09 Å². The van der Waals surface area contributed by atoms with E-state index in [0.29, 0.717) is 24.6 Å². The van der Waals surface area contributed by atoms with Crippen LogP contribution >= 0.6 is 0 Å². The molecule has 2 N–H and O–H groups in total. The standard InChI is InChI=1S/C18H25N3O2/c1-18(2,3)23-17(22)21-16(13-8-9-13)12-20-11-15-7-5-4-6-14(15)10-19/h4-7,13,16,20H,8-9,11-12H2,1-3H3,(H,21,22). The average molecular weight is 315 g/mol. The van der Waals surface area contributed by atoms with Crippen molar-refractivity contribution in [2.45, 2.75) is 51.8 Å². The summed E-state index contributed by atoms with van der Waals surface area (Å²) >= 11 is 0. The van der Waals surface area contributed by atoms with E-state index in [4.69, 9.17) is 10.00 Å². The van der Waals surface area contributed by atoms with Crippen molar-refractivity contribution >= 4 is 6.09 Å². The maximum Gasteiger partial charge on any atom is 0.407 e. The second kappa shape index (κ2) is 7.47. The molecule has 0 heterocycles. The minimum Gasteiger partial charge on any atom is -0.444 e. The van der Waals surface area contributed by atoms with E-state index >= 15 is 0 Å². The van der Waals surface area contributed by atoms with Crippen molar-refractivity contribution in [3.05, 3.63) is 35.4 Å². The fourth-order valence-electron chi connectivity index (χ4n) is 2.44. The van der Waals surface area contributed by atoms with Crippen molar-refractivity contribution in [2.75, 3.05) is 6.54 Å². The predicted molar refractivity (Wildman–Crippen MR) is 88.7 cm³/mol. The lowest BCUT2D eigenvalue weighted by molar-refractivity contribution is 0.0497. The van der Waals surface area contributed by atoms with Crippen LogP contribution in [0.4, 0.5) is 4.79 Å². The van der Waals surface area contributed by atoms with E-state index in [0.717, 1.165) is 18.4 Å². The van der Waals surface area contributed by atoms with E-state index in [-0.39, 0.29) is 12.1 Å². The van der Waals surface area contributed by atoms with Gasteiger partial charge < -0.3 is 15.4 Å². The van der Waals surface area contributed by atoms with Crippen LogP contribution in [-0.2, 0) is 11.3 Å². The number of benzene rings is 1. The first-order valence-electron chi connectivity index (χ1n) is 8.07. The molecule has 0 aliphatic heterocycles. The van der Waals surface area contributed by atoms with E-state index in [9.17, 15) is 4.79 Å². The lowest BCUT2D eigenvalue weighted by atomic mass is 10.1. The maximum absolute atomic E-state index is 11.9. The van der Waals surface area contributed by atoms with Crippen molar-refractivity contribution in [3.63, 3.8) is 0 Å². The Bertz CT molecular complexity index is 583. The van der Waals surface area contributed by atoms with Gasteiger partial charge in [-0.05, 0) is 51.2 Å². The number of hydrogen-bond donors (Lipinski definition) is 2. The second-order valence-electron chi connectivity index (χ2n) is 6.99. The number of carbonyl (C=O) groups excluding carboxylic acids is 1. The van der Waals surface area contributed by atoms with Crippen LogP contribution in [-0.4, -0.2) is 24.3 Å². The number of ether oxygens (including phenoxy) is 1. The Hall–Kier alpha value is -2.06. The van der Waals surface area contributed by atoms with Crippen LogP contribution in [0.2, 0.25) is 0 Å². The van der Waals surface area contributed by atoms with E-state index < -0.39 is 5.60 Å². The van der Waals surface area contributed by atoms with Crippen LogP contribution in [0.25, 0.3) is 0 Å². The number of alkyl carbamates (subject to hydrolysis) is 1. The summed E-state index contributed by atoms with van der Waals surface area (Å²) in [6, 6.07) is 9.81. The van der Waals surface area contributed by atoms with Gasteiger partial charge in [0.1, 0.15) is 5.60 Å². The Labute approximate surface area is 138 Å². The number of nitrogens with one attached hydrogen (secondary N) is 2. The lowest BCUT2D eigenvalue weighted by Gasteiger charge is -2.24. The van der Waals surface area contributed by atoms with E-state index in [1.54, 1.807) is 0 Å². The largest absolute Gasteiger partial charge is 0.444 e. The number of nitrogens with zero attached hydrogens (tertiary/aromatic N) is 1. The first-order chi connectivity index (χ1) is 10.9. The third-order valence-electron chi connectivity index (χ3n) is 3.71. The summed E-state index contributed by atoms with van der Waals surface area (Å²) < 4.78 is 5.33. The molecule has 0 bridgehead atoms. The fraction of sp³-hybridized carbons (Fsp3) is 0.556.